The summed E-state index contributed by atoms with van der Waals surface area (Å²) in [6.45, 7) is 15.6. The smallest absolute Gasteiger partial charge is 0.0432 e. The van der Waals surface area contributed by atoms with Crippen molar-refractivity contribution in [2.45, 2.75) is 69.5 Å². The Hall–Kier alpha value is -0.560. The van der Waals surface area contributed by atoms with Crippen molar-refractivity contribution < 1.29 is 0 Å². The molecule has 20 heavy (non-hydrogen) atoms. The van der Waals surface area contributed by atoms with Gasteiger partial charge in [0.25, 0.3) is 0 Å². The highest BCUT2D eigenvalue weighted by atomic mass is 79.9. The van der Waals surface area contributed by atoms with E-state index in [-0.39, 0.29) is 5.41 Å². The number of fused-ring (bicyclic) bond motifs is 1. The van der Waals surface area contributed by atoms with Crippen molar-refractivity contribution in [2.75, 3.05) is 0 Å². The second kappa shape index (κ2) is 5.33. The normalized spacial score (nSPS) is 21.1. The minimum Gasteiger partial charge on any atom is -0.103 e. The highest BCUT2D eigenvalue weighted by Crippen LogP contribution is 2.47. The summed E-state index contributed by atoms with van der Waals surface area (Å²) in [5, 5.41) is 0. The van der Waals surface area contributed by atoms with Crippen molar-refractivity contribution in [3.63, 3.8) is 0 Å². The van der Waals surface area contributed by atoms with Crippen LogP contribution < -0.4 is 0 Å². The van der Waals surface area contributed by atoms with Gasteiger partial charge in [-0.05, 0) is 59.3 Å². The summed E-state index contributed by atoms with van der Waals surface area (Å²) < 4.78 is 0. The fraction of sp³-hybridized carbons (Fsp3) is 0.579. The SMILES string of the molecule is C=CCC(Br)c1cc2c(cc1C)C(C)(C)CCC2(C)C. The molecule has 1 aromatic rings. The maximum Gasteiger partial charge on any atom is 0.0432 e. The zero-order valence-corrected chi connectivity index (χ0v) is 15.1. The molecule has 0 amide bonds. The van der Waals surface area contributed by atoms with E-state index in [9.17, 15) is 0 Å². The number of hydrogen-bond acceptors (Lipinski definition) is 0. The van der Waals surface area contributed by atoms with E-state index in [1.165, 1.54) is 24.0 Å². The quantitative estimate of drug-likeness (QED) is 0.445. The lowest BCUT2D eigenvalue weighted by Gasteiger charge is -2.42. The third-order valence-electron chi connectivity index (χ3n) is 4.95. The van der Waals surface area contributed by atoms with Gasteiger partial charge < -0.3 is 0 Å². The number of alkyl halides is 1. The average molecular weight is 335 g/mol. The van der Waals surface area contributed by atoms with Crippen LogP contribution in [0.3, 0.4) is 0 Å². The molecular weight excluding hydrogens is 308 g/mol. The van der Waals surface area contributed by atoms with Crippen molar-refractivity contribution in [1.29, 1.82) is 0 Å². The number of rotatable bonds is 3. The van der Waals surface area contributed by atoms with E-state index in [2.05, 4.69) is 69.3 Å². The molecule has 0 N–H and O–H groups in total. The summed E-state index contributed by atoms with van der Waals surface area (Å²) >= 11 is 3.82. The van der Waals surface area contributed by atoms with Crippen LogP contribution in [0.25, 0.3) is 0 Å². The van der Waals surface area contributed by atoms with E-state index in [0.29, 0.717) is 10.2 Å². The van der Waals surface area contributed by atoms with Crippen LogP contribution in [0, 0.1) is 6.92 Å². The van der Waals surface area contributed by atoms with Gasteiger partial charge in [-0.1, -0.05) is 61.8 Å². The number of hydrogen-bond donors (Lipinski definition) is 0. The topological polar surface area (TPSA) is 0 Å². The summed E-state index contributed by atoms with van der Waals surface area (Å²) in [6, 6.07) is 4.89. The van der Waals surface area contributed by atoms with E-state index < -0.39 is 0 Å². The second-order valence-corrected chi connectivity index (χ2v) is 8.62. The molecule has 0 heterocycles. The predicted molar refractivity (Wildman–Crippen MR) is 92.9 cm³/mol. The Morgan fingerprint density at radius 3 is 2.15 bits per heavy atom. The van der Waals surface area contributed by atoms with Gasteiger partial charge in [-0.2, -0.15) is 0 Å². The van der Waals surface area contributed by atoms with Gasteiger partial charge in [0.1, 0.15) is 0 Å². The predicted octanol–water partition coefficient (Wildman–Crippen LogP) is 6.36. The van der Waals surface area contributed by atoms with Crippen molar-refractivity contribution in [1.82, 2.24) is 0 Å². The molecular formula is C19H27Br. The van der Waals surface area contributed by atoms with Crippen LogP contribution in [0.5, 0.6) is 0 Å². The minimum absolute atomic E-state index is 0.286. The van der Waals surface area contributed by atoms with Gasteiger partial charge in [0, 0.05) is 4.83 Å². The van der Waals surface area contributed by atoms with Crippen LogP contribution in [0.4, 0.5) is 0 Å². The highest BCUT2D eigenvalue weighted by molar-refractivity contribution is 9.09. The molecule has 0 bridgehead atoms. The minimum atomic E-state index is 0.286. The van der Waals surface area contributed by atoms with Crippen molar-refractivity contribution in [3.05, 3.63) is 47.0 Å². The van der Waals surface area contributed by atoms with Crippen LogP contribution in [0.2, 0.25) is 0 Å². The first kappa shape index (κ1) is 15.8. The third kappa shape index (κ3) is 2.74. The lowest BCUT2D eigenvalue weighted by molar-refractivity contribution is 0.331. The van der Waals surface area contributed by atoms with Crippen molar-refractivity contribution in [2.24, 2.45) is 0 Å². The number of benzene rings is 1. The molecule has 1 unspecified atom stereocenters. The maximum atomic E-state index is 3.87. The molecule has 1 heteroatoms. The molecule has 0 aliphatic heterocycles. The molecule has 0 spiro atoms. The van der Waals surface area contributed by atoms with E-state index in [4.69, 9.17) is 0 Å². The molecule has 1 aliphatic rings. The molecule has 2 rings (SSSR count). The largest absolute Gasteiger partial charge is 0.103 e. The summed E-state index contributed by atoms with van der Waals surface area (Å²) in [7, 11) is 0. The van der Waals surface area contributed by atoms with Crippen LogP contribution in [0.15, 0.2) is 24.8 Å². The van der Waals surface area contributed by atoms with Gasteiger partial charge in [0.2, 0.25) is 0 Å². The summed E-state index contributed by atoms with van der Waals surface area (Å²) in [4.78, 5) is 0.381. The summed E-state index contributed by atoms with van der Waals surface area (Å²) in [5.41, 5.74) is 6.51. The van der Waals surface area contributed by atoms with Gasteiger partial charge in [0.05, 0.1) is 0 Å². The lowest BCUT2D eigenvalue weighted by atomic mass is 9.62. The van der Waals surface area contributed by atoms with Crippen LogP contribution in [0.1, 0.15) is 74.0 Å². The zero-order chi connectivity index (χ0) is 15.1. The Labute approximate surface area is 132 Å². The first-order chi connectivity index (χ1) is 9.19. The average Bonchev–Trinajstić information content (AvgIpc) is 2.35. The Bertz CT molecular complexity index is 523. The molecule has 0 aromatic heterocycles. The zero-order valence-electron chi connectivity index (χ0n) is 13.5. The fourth-order valence-corrected chi connectivity index (χ4v) is 4.11. The van der Waals surface area contributed by atoms with Gasteiger partial charge in [0.15, 0.2) is 0 Å². The van der Waals surface area contributed by atoms with E-state index in [1.54, 1.807) is 11.1 Å². The van der Waals surface area contributed by atoms with Crippen molar-refractivity contribution >= 4 is 15.9 Å². The van der Waals surface area contributed by atoms with E-state index in [0.717, 1.165) is 6.42 Å². The molecule has 1 atom stereocenters. The van der Waals surface area contributed by atoms with Gasteiger partial charge in [-0.3, -0.25) is 0 Å². The standard InChI is InChI=1S/C19H27Br/c1-7-8-17(20)14-12-16-15(11-13(14)2)18(3,4)9-10-19(16,5)6/h7,11-12,17H,1,8-10H2,2-6H3. The maximum absolute atomic E-state index is 3.87. The Morgan fingerprint density at radius 2 is 1.65 bits per heavy atom. The molecule has 110 valence electrons. The summed E-state index contributed by atoms with van der Waals surface area (Å²) in [5.74, 6) is 0. The molecule has 0 fully saturated rings. The van der Waals surface area contributed by atoms with E-state index >= 15 is 0 Å². The van der Waals surface area contributed by atoms with Gasteiger partial charge in [-0.25, -0.2) is 0 Å². The highest BCUT2D eigenvalue weighted by Gasteiger charge is 2.37. The monoisotopic (exact) mass is 334 g/mol. The second-order valence-electron chi connectivity index (χ2n) is 7.51. The number of allylic oxidation sites excluding steroid dienone is 1. The molecule has 0 radical (unpaired) electrons. The molecule has 1 aliphatic carbocycles. The molecule has 1 aromatic carbocycles. The fourth-order valence-electron chi connectivity index (χ4n) is 3.35. The molecule has 0 saturated heterocycles. The number of halogens is 1. The van der Waals surface area contributed by atoms with Crippen molar-refractivity contribution in [3.8, 4) is 0 Å². The van der Waals surface area contributed by atoms with Crippen LogP contribution in [-0.2, 0) is 10.8 Å². The van der Waals surface area contributed by atoms with Gasteiger partial charge >= 0.3 is 0 Å². The Morgan fingerprint density at radius 1 is 1.15 bits per heavy atom. The Kier molecular flexibility index (Phi) is 4.22. The number of aryl methyl sites for hydroxylation is 1. The third-order valence-corrected chi connectivity index (χ3v) is 5.82. The summed E-state index contributed by atoms with van der Waals surface area (Å²) in [6.07, 6.45) is 5.51. The van der Waals surface area contributed by atoms with Gasteiger partial charge in [-0.15, -0.1) is 6.58 Å². The Balaban J connectivity index is 2.60. The first-order valence-electron chi connectivity index (χ1n) is 7.59. The van der Waals surface area contributed by atoms with E-state index in [1.807, 2.05) is 6.08 Å². The molecule has 0 saturated carbocycles. The molecule has 0 nitrogen and oxygen atoms in total. The van der Waals surface area contributed by atoms with Crippen LogP contribution in [-0.4, -0.2) is 0 Å². The first-order valence-corrected chi connectivity index (χ1v) is 8.51. The van der Waals surface area contributed by atoms with Crippen LogP contribution >= 0.6 is 15.9 Å². The lowest BCUT2D eigenvalue weighted by Crippen LogP contribution is -2.34.